The molecule has 2 aliphatic heterocycles. The number of anilines is 1. The van der Waals surface area contributed by atoms with Gasteiger partial charge in [0.1, 0.15) is 0 Å². The summed E-state index contributed by atoms with van der Waals surface area (Å²) in [5.74, 6) is 0.500. The number of fused-ring (bicyclic) bond motifs is 2. The Morgan fingerprint density at radius 1 is 1.06 bits per heavy atom. The molecule has 6 nitrogen and oxygen atoms in total. The van der Waals surface area contributed by atoms with Crippen LogP contribution in [0.5, 0.6) is 0 Å². The molecule has 1 saturated heterocycles. The van der Waals surface area contributed by atoms with E-state index < -0.39 is 21.9 Å². The summed E-state index contributed by atoms with van der Waals surface area (Å²) in [4.78, 5) is 14.1. The molecule has 2 heterocycles. The molecule has 3 aliphatic rings. The van der Waals surface area contributed by atoms with Crippen LogP contribution in [0.25, 0.3) is 0 Å². The highest BCUT2D eigenvalue weighted by Gasteiger charge is 2.48. The third-order valence-corrected chi connectivity index (χ3v) is 8.80. The average molecular weight is 477 g/mol. The second-order valence-corrected chi connectivity index (χ2v) is 11.0. The molecule has 1 amide bonds. The van der Waals surface area contributed by atoms with E-state index in [0.717, 1.165) is 30.5 Å². The van der Waals surface area contributed by atoms with Crippen molar-refractivity contribution in [3.05, 3.63) is 59.7 Å². The fourth-order valence-electron chi connectivity index (χ4n) is 4.82. The zero-order chi connectivity index (χ0) is 23.2. The Kier molecular flexibility index (Phi) is 5.55. The summed E-state index contributed by atoms with van der Waals surface area (Å²) >= 11 is 0. The van der Waals surface area contributed by atoms with E-state index in [0.29, 0.717) is 44.1 Å². The maximum absolute atomic E-state index is 13.5. The van der Waals surface area contributed by atoms with E-state index in [9.17, 15) is 22.0 Å². The Hall–Kier alpha value is -2.68. The summed E-state index contributed by atoms with van der Waals surface area (Å²) in [7, 11) is -3.93. The van der Waals surface area contributed by atoms with Gasteiger partial charge in [0.15, 0.2) is 0 Å². The molecule has 0 radical (unpaired) electrons. The van der Waals surface area contributed by atoms with E-state index in [4.69, 9.17) is 4.74 Å². The van der Waals surface area contributed by atoms with Gasteiger partial charge in [-0.25, -0.2) is 22.0 Å². The molecule has 1 aliphatic carbocycles. The van der Waals surface area contributed by atoms with Gasteiger partial charge in [0.05, 0.1) is 17.2 Å². The van der Waals surface area contributed by atoms with Crippen LogP contribution < -0.4 is 4.31 Å². The molecular weight excluding hydrogens is 450 g/mol. The summed E-state index contributed by atoms with van der Waals surface area (Å²) in [5.41, 5.74) is 0.942. The molecule has 0 aromatic heterocycles. The van der Waals surface area contributed by atoms with Crippen LogP contribution in [0.3, 0.4) is 0 Å². The van der Waals surface area contributed by atoms with E-state index in [2.05, 4.69) is 0 Å². The highest BCUT2D eigenvalue weighted by atomic mass is 32.2. The number of benzene rings is 2. The first-order valence-electron chi connectivity index (χ1n) is 11.2. The van der Waals surface area contributed by atoms with Gasteiger partial charge in [-0.05, 0) is 55.4 Å². The number of alkyl halides is 2. The monoisotopic (exact) mass is 476 g/mol. The molecule has 2 aromatic carbocycles. The Labute approximate surface area is 192 Å². The van der Waals surface area contributed by atoms with Crippen LogP contribution in [-0.2, 0) is 20.2 Å². The third-order valence-electron chi connectivity index (χ3n) is 7.03. The van der Waals surface area contributed by atoms with Crippen LogP contribution in [0.1, 0.15) is 43.2 Å². The maximum Gasteiger partial charge on any atom is 0.409 e. The number of halogens is 2. The highest BCUT2D eigenvalue weighted by molar-refractivity contribution is 7.92. The lowest BCUT2D eigenvalue weighted by Gasteiger charge is -2.39. The van der Waals surface area contributed by atoms with Crippen molar-refractivity contribution in [3.8, 4) is 0 Å². The van der Waals surface area contributed by atoms with Gasteiger partial charge in [0.25, 0.3) is 16.4 Å². The number of carbonyl (C=O) groups excluding carboxylic acids is 1. The molecule has 1 spiro atoms. The van der Waals surface area contributed by atoms with Gasteiger partial charge in [-0.15, -0.1) is 0 Å². The predicted octanol–water partition coefficient (Wildman–Crippen LogP) is 4.71. The largest absolute Gasteiger partial charge is 0.449 e. The van der Waals surface area contributed by atoms with Gasteiger partial charge >= 0.3 is 6.09 Å². The van der Waals surface area contributed by atoms with Crippen molar-refractivity contribution < 1.29 is 26.7 Å². The maximum atomic E-state index is 13.5. The number of likely N-dealkylation sites (tertiary alicyclic amines) is 1. The zero-order valence-corrected chi connectivity index (χ0v) is 18.9. The molecule has 0 unspecified atom stereocenters. The Balaban J connectivity index is 1.37. The quantitative estimate of drug-likeness (QED) is 0.627. The Bertz CT molecular complexity index is 1140. The third kappa shape index (κ3) is 4.07. The number of para-hydroxylation sites is 1. The van der Waals surface area contributed by atoms with Crippen LogP contribution in [0.2, 0.25) is 0 Å². The fraction of sp³-hybridized carbons (Fsp3) is 0.458. The molecule has 1 saturated carbocycles. The Morgan fingerprint density at radius 2 is 1.73 bits per heavy atom. The molecule has 0 bridgehead atoms. The second kappa shape index (κ2) is 8.27. The van der Waals surface area contributed by atoms with Crippen LogP contribution in [0.15, 0.2) is 53.4 Å². The van der Waals surface area contributed by atoms with Crippen molar-refractivity contribution in [2.75, 3.05) is 30.5 Å². The number of ether oxygens (including phenoxy) is 1. The van der Waals surface area contributed by atoms with Gasteiger partial charge in [0, 0.05) is 30.6 Å². The molecule has 2 fully saturated rings. The van der Waals surface area contributed by atoms with E-state index in [-0.39, 0.29) is 23.1 Å². The van der Waals surface area contributed by atoms with Gasteiger partial charge in [-0.3, -0.25) is 4.31 Å². The van der Waals surface area contributed by atoms with E-state index in [1.807, 2.05) is 12.1 Å². The van der Waals surface area contributed by atoms with Crippen molar-refractivity contribution in [2.24, 2.45) is 5.92 Å². The van der Waals surface area contributed by atoms with Crippen LogP contribution in [0, 0.1) is 5.92 Å². The van der Waals surface area contributed by atoms with E-state index in [1.165, 1.54) is 16.4 Å². The van der Waals surface area contributed by atoms with E-state index in [1.54, 1.807) is 17.0 Å². The first kappa shape index (κ1) is 22.1. The van der Waals surface area contributed by atoms with Gasteiger partial charge < -0.3 is 9.64 Å². The summed E-state index contributed by atoms with van der Waals surface area (Å²) in [6, 6.07) is 12.2. The first-order chi connectivity index (χ1) is 15.8. The molecule has 9 heteroatoms. The smallest absolute Gasteiger partial charge is 0.409 e. The molecule has 0 N–H and O–H groups in total. The predicted molar refractivity (Wildman–Crippen MR) is 119 cm³/mol. The number of amides is 1. The van der Waals surface area contributed by atoms with Gasteiger partial charge in [0.2, 0.25) is 0 Å². The minimum atomic E-state index is -3.93. The molecule has 33 heavy (non-hydrogen) atoms. The first-order valence-corrected chi connectivity index (χ1v) is 12.7. The molecule has 2 aromatic rings. The fourth-order valence-corrected chi connectivity index (χ4v) is 6.39. The van der Waals surface area contributed by atoms with Crippen molar-refractivity contribution in [2.45, 2.75) is 42.4 Å². The number of nitrogens with zero attached hydrogens (tertiary/aromatic N) is 2. The lowest BCUT2D eigenvalue weighted by molar-refractivity contribution is 0.0810. The SMILES string of the molecule is O=C(OCC1CC1)N1CCC2(CC1)CN(S(=O)(=O)c1ccc(C(F)F)cc1)c1ccccc12. The van der Waals surface area contributed by atoms with Crippen LogP contribution >= 0.6 is 0 Å². The van der Waals surface area contributed by atoms with Gasteiger partial charge in [-0.1, -0.05) is 30.3 Å². The number of sulfonamides is 1. The van der Waals surface area contributed by atoms with Gasteiger partial charge in [-0.2, -0.15) is 0 Å². The molecule has 5 rings (SSSR count). The summed E-state index contributed by atoms with van der Waals surface area (Å²) in [6.45, 7) is 1.72. The molecule has 0 atom stereocenters. The second-order valence-electron chi connectivity index (χ2n) is 9.19. The molecular formula is C24H26F2N2O4S. The standard InChI is InChI=1S/C24H26F2N2O4S/c25-22(26)18-7-9-19(10-8-18)33(30,31)28-16-24(20-3-1-2-4-21(20)28)11-13-27(14-12-24)23(29)32-15-17-5-6-17/h1-4,7-10,17,22H,5-6,11-16H2. The topological polar surface area (TPSA) is 66.9 Å². The zero-order valence-electron chi connectivity index (χ0n) is 18.1. The highest BCUT2D eigenvalue weighted by Crippen LogP contribution is 2.48. The van der Waals surface area contributed by atoms with Crippen molar-refractivity contribution in [1.29, 1.82) is 0 Å². The molecule has 176 valence electrons. The van der Waals surface area contributed by atoms with Crippen LogP contribution in [0.4, 0.5) is 19.3 Å². The number of hydrogen-bond donors (Lipinski definition) is 0. The number of piperidine rings is 1. The van der Waals surface area contributed by atoms with Crippen LogP contribution in [-0.4, -0.2) is 45.7 Å². The normalized spacial score (nSPS) is 19.7. The summed E-state index contributed by atoms with van der Waals surface area (Å²) in [5, 5.41) is 0. The minimum Gasteiger partial charge on any atom is -0.449 e. The number of hydrogen-bond acceptors (Lipinski definition) is 4. The summed E-state index contributed by atoms with van der Waals surface area (Å²) < 4.78 is 59.6. The lowest BCUT2D eigenvalue weighted by Crippen LogP contribution is -2.48. The van der Waals surface area contributed by atoms with Crippen molar-refractivity contribution in [1.82, 2.24) is 4.90 Å². The minimum absolute atomic E-state index is 0.0140. The summed E-state index contributed by atoms with van der Waals surface area (Å²) in [6.07, 6.45) is 0.521. The average Bonchev–Trinajstić information content (AvgIpc) is 3.61. The lowest BCUT2D eigenvalue weighted by atomic mass is 9.74. The number of carbonyl (C=O) groups is 1. The Morgan fingerprint density at radius 3 is 2.36 bits per heavy atom. The number of rotatable bonds is 5. The van der Waals surface area contributed by atoms with E-state index >= 15 is 0 Å². The van der Waals surface area contributed by atoms with Crippen molar-refractivity contribution >= 4 is 21.8 Å². The van der Waals surface area contributed by atoms with Crippen molar-refractivity contribution in [3.63, 3.8) is 0 Å².